The molecule has 1 rings (SSSR count). The average Bonchev–Trinajstić information content (AvgIpc) is 2.43. The van der Waals surface area contributed by atoms with Crippen LogP contribution < -0.4 is 0 Å². The van der Waals surface area contributed by atoms with Crippen molar-refractivity contribution < 1.29 is 39.2 Å². The molecule has 0 saturated carbocycles. The van der Waals surface area contributed by atoms with Gasteiger partial charge in [0, 0.05) is 15.0 Å². The lowest BCUT2D eigenvalue weighted by Crippen LogP contribution is -2.56. The van der Waals surface area contributed by atoms with Gasteiger partial charge < -0.3 is 0 Å². The Kier molecular flexibility index (Phi) is 6.58. The molecule has 0 aliphatic rings. The van der Waals surface area contributed by atoms with Crippen LogP contribution in [-0.2, 0) is 16.3 Å². The fourth-order valence-electron chi connectivity index (χ4n) is 1.77. The van der Waals surface area contributed by atoms with Gasteiger partial charge in [-0.2, -0.15) is 30.7 Å². The first-order valence-electron chi connectivity index (χ1n) is 6.19. The van der Waals surface area contributed by atoms with Crippen LogP contribution in [0, 0.1) is 6.07 Å². The largest absolute Gasteiger partial charge is 0.461 e. The number of hydrogen-bond acceptors (Lipinski definition) is 2. The SMILES string of the molecule is CCCc1c(Br)[c]c(Br)c(Cl)c1S(=O)(=O)C(F)(F)C(F)(F)C(F)(F)F. The Morgan fingerprint density at radius 2 is 1.52 bits per heavy atom. The van der Waals surface area contributed by atoms with Crippen LogP contribution in [0.15, 0.2) is 13.8 Å². The molecule has 143 valence electrons. The zero-order chi connectivity index (χ0) is 20.0. The molecule has 0 aliphatic heterocycles. The third kappa shape index (κ3) is 3.68. The van der Waals surface area contributed by atoms with Gasteiger partial charge in [-0.1, -0.05) is 24.9 Å². The fourth-order valence-corrected chi connectivity index (χ4v) is 5.34. The summed E-state index contributed by atoms with van der Waals surface area (Å²) in [6.07, 6.45) is -6.88. The van der Waals surface area contributed by atoms with Gasteiger partial charge in [-0.15, -0.1) is 0 Å². The van der Waals surface area contributed by atoms with Gasteiger partial charge in [0.1, 0.15) is 0 Å². The monoisotopic (exact) mass is 541 g/mol. The van der Waals surface area contributed by atoms with E-state index in [9.17, 15) is 39.2 Å². The molecule has 0 N–H and O–H groups in total. The van der Waals surface area contributed by atoms with E-state index in [2.05, 4.69) is 37.9 Å². The second-order valence-electron chi connectivity index (χ2n) is 4.72. The quantitative estimate of drug-likeness (QED) is 0.328. The van der Waals surface area contributed by atoms with E-state index in [4.69, 9.17) is 11.6 Å². The van der Waals surface area contributed by atoms with Crippen molar-refractivity contribution >= 4 is 53.3 Å². The second kappa shape index (κ2) is 7.16. The maximum atomic E-state index is 13.9. The summed E-state index contributed by atoms with van der Waals surface area (Å²) >= 11 is 11.1. The van der Waals surface area contributed by atoms with E-state index in [0.29, 0.717) is 0 Å². The first kappa shape index (κ1) is 23.0. The molecule has 0 spiro atoms. The predicted octanol–water partition coefficient (Wildman–Crippen LogP) is 6.18. The third-order valence-electron chi connectivity index (χ3n) is 2.98. The van der Waals surface area contributed by atoms with E-state index in [-0.39, 0.29) is 17.3 Å². The highest BCUT2D eigenvalue weighted by Gasteiger charge is 2.79. The summed E-state index contributed by atoms with van der Waals surface area (Å²) in [5.41, 5.74) is -0.478. The minimum Gasteiger partial charge on any atom is -0.217 e. The summed E-state index contributed by atoms with van der Waals surface area (Å²) < 4.78 is 115. The molecule has 0 aliphatic carbocycles. The van der Waals surface area contributed by atoms with Crippen molar-refractivity contribution in [2.75, 3.05) is 0 Å². The Morgan fingerprint density at radius 1 is 1.04 bits per heavy atom. The lowest BCUT2D eigenvalue weighted by atomic mass is 10.1. The van der Waals surface area contributed by atoms with E-state index < -0.39 is 47.1 Å². The van der Waals surface area contributed by atoms with Crippen molar-refractivity contribution in [3.63, 3.8) is 0 Å². The molecule has 0 aromatic heterocycles. The molecular formula is C12H7Br2ClF7O2S. The molecule has 1 aromatic rings. The molecule has 0 fully saturated rings. The summed E-state index contributed by atoms with van der Waals surface area (Å²) in [7, 11) is -6.52. The fraction of sp³-hybridized carbons (Fsp3) is 0.500. The average molecular weight is 544 g/mol. The first-order chi connectivity index (χ1) is 11.0. The molecule has 13 heteroatoms. The molecule has 0 unspecified atom stereocenters. The second-order valence-corrected chi connectivity index (χ2v) is 8.61. The maximum absolute atomic E-state index is 13.9. The van der Waals surface area contributed by atoms with Crippen LogP contribution in [0.4, 0.5) is 30.7 Å². The van der Waals surface area contributed by atoms with E-state index >= 15 is 0 Å². The van der Waals surface area contributed by atoms with Gasteiger partial charge in [-0.25, -0.2) is 8.42 Å². The summed E-state index contributed by atoms with van der Waals surface area (Å²) in [5.74, 6) is -6.83. The summed E-state index contributed by atoms with van der Waals surface area (Å²) in [4.78, 5) is -1.51. The van der Waals surface area contributed by atoms with Crippen molar-refractivity contribution in [1.82, 2.24) is 0 Å². The molecule has 0 atom stereocenters. The van der Waals surface area contributed by atoms with Crippen LogP contribution in [0.5, 0.6) is 0 Å². The maximum Gasteiger partial charge on any atom is 0.461 e. The molecule has 0 bridgehead atoms. The molecule has 0 saturated heterocycles. The van der Waals surface area contributed by atoms with Gasteiger partial charge in [-0.3, -0.25) is 0 Å². The zero-order valence-electron chi connectivity index (χ0n) is 11.9. The van der Waals surface area contributed by atoms with Crippen molar-refractivity contribution in [2.24, 2.45) is 0 Å². The number of rotatable bonds is 5. The lowest BCUT2D eigenvalue weighted by Gasteiger charge is -2.29. The summed E-state index contributed by atoms with van der Waals surface area (Å²) in [5, 5.41) is -7.45. The predicted molar refractivity (Wildman–Crippen MR) is 82.8 cm³/mol. The Labute approximate surface area is 159 Å². The minimum absolute atomic E-state index is 0.161. The highest BCUT2D eigenvalue weighted by atomic mass is 79.9. The first-order valence-corrected chi connectivity index (χ1v) is 9.64. The number of sulfone groups is 1. The van der Waals surface area contributed by atoms with Crippen molar-refractivity contribution in [2.45, 2.75) is 42.0 Å². The Morgan fingerprint density at radius 3 is 1.92 bits per heavy atom. The van der Waals surface area contributed by atoms with E-state index in [0.717, 1.165) is 0 Å². The van der Waals surface area contributed by atoms with E-state index in [1.165, 1.54) is 6.92 Å². The molecule has 2 nitrogen and oxygen atoms in total. The Balaban J connectivity index is 3.87. The normalized spacial score (nSPS) is 14.0. The Bertz CT molecular complexity index is 779. The van der Waals surface area contributed by atoms with Gasteiger partial charge in [0.2, 0.25) is 0 Å². The van der Waals surface area contributed by atoms with Gasteiger partial charge >= 0.3 is 17.4 Å². The molecule has 0 amide bonds. The number of benzene rings is 1. The smallest absolute Gasteiger partial charge is 0.217 e. The number of alkyl halides is 7. The minimum atomic E-state index is -6.83. The van der Waals surface area contributed by atoms with Crippen molar-refractivity contribution in [3.8, 4) is 0 Å². The molecule has 0 heterocycles. The van der Waals surface area contributed by atoms with Crippen molar-refractivity contribution in [1.29, 1.82) is 0 Å². The van der Waals surface area contributed by atoms with Gasteiger partial charge in [0.25, 0.3) is 9.84 Å². The van der Waals surface area contributed by atoms with Gasteiger partial charge in [0.15, 0.2) is 0 Å². The molecule has 25 heavy (non-hydrogen) atoms. The summed E-state index contributed by atoms with van der Waals surface area (Å²) in [6.45, 7) is 1.50. The highest BCUT2D eigenvalue weighted by Crippen LogP contribution is 2.53. The van der Waals surface area contributed by atoms with Crippen LogP contribution in [-0.4, -0.2) is 25.8 Å². The van der Waals surface area contributed by atoms with Crippen LogP contribution >= 0.6 is 43.5 Å². The molecule has 1 radical (unpaired) electrons. The standard InChI is InChI=1S/C12H7Br2ClF7O2S/c1-2-3-5-6(13)4-7(14)8(15)9(5)25(23,24)12(21,22)10(16,17)11(18,19)20/h2-3H2,1H3. The van der Waals surface area contributed by atoms with Gasteiger partial charge in [-0.05, 0) is 43.8 Å². The van der Waals surface area contributed by atoms with Crippen LogP contribution in [0.25, 0.3) is 0 Å². The zero-order valence-corrected chi connectivity index (χ0v) is 16.7. The van der Waals surface area contributed by atoms with Gasteiger partial charge in [0.05, 0.1) is 9.92 Å². The van der Waals surface area contributed by atoms with Crippen LogP contribution in [0.3, 0.4) is 0 Å². The molecular weight excluding hydrogens is 536 g/mol. The highest BCUT2D eigenvalue weighted by molar-refractivity contribution is 9.11. The lowest BCUT2D eigenvalue weighted by molar-refractivity contribution is -0.332. The van der Waals surface area contributed by atoms with E-state index in [1.54, 1.807) is 0 Å². The Hall–Kier alpha value is -0.0700. The summed E-state index contributed by atoms with van der Waals surface area (Å²) in [6, 6.07) is 2.41. The van der Waals surface area contributed by atoms with E-state index in [1.807, 2.05) is 0 Å². The number of hydrogen-bond donors (Lipinski definition) is 0. The third-order valence-corrected chi connectivity index (χ3v) is 6.89. The van der Waals surface area contributed by atoms with Crippen LogP contribution in [0.2, 0.25) is 5.02 Å². The molecule has 1 aromatic carbocycles. The number of halogens is 10. The van der Waals surface area contributed by atoms with Crippen LogP contribution in [0.1, 0.15) is 18.9 Å². The topological polar surface area (TPSA) is 34.1 Å². The van der Waals surface area contributed by atoms with Crippen molar-refractivity contribution in [3.05, 3.63) is 25.6 Å².